The molecule has 14 heavy (non-hydrogen) atoms. The van der Waals surface area contributed by atoms with Gasteiger partial charge in [-0.05, 0) is 6.92 Å². The molecule has 1 aromatic heterocycles. The topological polar surface area (TPSA) is 47.0 Å². The van der Waals surface area contributed by atoms with Crippen LogP contribution in [0.25, 0.3) is 0 Å². The highest BCUT2D eigenvalue weighted by atomic mass is 16.5. The summed E-state index contributed by atoms with van der Waals surface area (Å²) in [4.78, 5) is 8.63. The molecule has 0 unspecified atom stereocenters. The fourth-order valence-corrected chi connectivity index (χ4v) is 1.08. The zero-order valence-electron chi connectivity index (χ0n) is 9.16. The van der Waals surface area contributed by atoms with Gasteiger partial charge in [-0.25, -0.2) is 4.98 Å². The highest BCUT2D eigenvalue weighted by Crippen LogP contribution is 2.17. The summed E-state index contributed by atoms with van der Waals surface area (Å²) in [5, 5.41) is 3.15. The normalized spacial score (nSPS) is 10.4. The maximum Gasteiger partial charge on any atom is 0.218 e. The van der Waals surface area contributed by atoms with Crippen molar-refractivity contribution in [2.45, 2.75) is 26.7 Å². The van der Waals surface area contributed by atoms with Crippen molar-refractivity contribution < 1.29 is 4.74 Å². The number of methoxy groups -OCH3 is 1. The molecule has 4 nitrogen and oxygen atoms in total. The van der Waals surface area contributed by atoms with Gasteiger partial charge in [0.25, 0.3) is 0 Å². The first-order valence-electron chi connectivity index (χ1n) is 4.84. The summed E-state index contributed by atoms with van der Waals surface area (Å²) >= 11 is 0. The Morgan fingerprint density at radius 2 is 2.14 bits per heavy atom. The van der Waals surface area contributed by atoms with E-state index in [1.54, 1.807) is 13.2 Å². The van der Waals surface area contributed by atoms with E-state index in [-0.39, 0.29) is 0 Å². The second-order valence-corrected chi connectivity index (χ2v) is 3.34. The summed E-state index contributed by atoms with van der Waals surface area (Å²) in [5.41, 5.74) is 0. The van der Waals surface area contributed by atoms with E-state index >= 15 is 0 Å². The lowest BCUT2D eigenvalue weighted by Crippen LogP contribution is -2.05. The van der Waals surface area contributed by atoms with Crippen molar-refractivity contribution in [3.05, 3.63) is 11.9 Å². The minimum atomic E-state index is 0.308. The van der Waals surface area contributed by atoms with E-state index < -0.39 is 0 Å². The minimum Gasteiger partial charge on any atom is -0.481 e. The molecular formula is C10H17N3O. The molecule has 0 aromatic carbocycles. The van der Waals surface area contributed by atoms with Crippen LogP contribution in [-0.2, 0) is 0 Å². The highest BCUT2D eigenvalue weighted by Gasteiger charge is 2.07. The number of hydrogen-bond acceptors (Lipinski definition) is 4. The predicted octanol–water partition coefficient (Wildman–Crippen LogP) is 2.04. The molecule has 4 heteroatoms. The highest BCUT2D eigenvalue weighted by molar-refractivity contribution is 5.38. The molecule has 0 saturated carbocycles. The van der Waals surface area contributed by atoms with Gasteiger partial charge in [0.2, 0.25) is 5.88 Å². The summed E-state index contributed by atoms with van der Waals surface area (Å²) in [6, 6.07) is 1.80. The molecule has 78 valence electrons. The van der Waals surface area contributed by atoms with E-state index in [2.05, 4.69) is 29.1 Å². The Labute approximate surface area is 84.7 Å². The molecule has 0 aliphatic rings. The van der Waals surface area contributed by atoms with Crippen LogP contribution in [0.2, 0.25) is 0 Å². The third-order valence-corrected chi connectivity index (χ3v) is 1.80. The van der Waals surface area contributed by atoms with Crippen LogP contribution in [0, 0.1) is 0 Å². The molecule has 0 amide bonds. The third kappa shape index (κ3) is 2.58. The molecule has 0 spiro atoms. The van der Waals surface area contributed by atoms with Gasteiger partial charge in [-0.3, -0.25) is 0 Å². The van der Waals surface area contributed by atoms with Gasteiger partial charge in [-0.15, -0.1) is 0 Å². The maximum atomic E-state index is 5.10. The van der Waals surface area contributed by atoms with Gasteiger partial charge in [-0.1, -0.05) is 13.8 Å². The summed E-state index contributed by atoms with van der Waals surface area (Å²) in [5.74, 6) is 2.55. The number of aromatic nitrogens is 2. The van der Waals surface area contributed by atoms with Crippen molar-refractivity contribution in [3.63, 3.8) is 0 Å². The number of ether oxygens (including phenoxy) is 1. The molecule has 0 bridgehead atoms. The molecular weight excluding hydrogens is 178 g/mol. The molecule has 0 fully saturated rings. The van der Waals surface area contributed by atoms with Crippen LogP contribution >= 0.6 is 0 Å². The number of hydrogen-bond donors (Lipinski definition) is 1. The maximum absolute atomic E-state index is 5.10. The zero-order valence-corrected chi connectivity index (χ0v) is 9.16. The van der Waals surface area contributed by atoms with E-state index in [0.717, 1.165) is 18.2 Å². The van der Waals surface area contributed by atoms with Crippen molar-refractivity contribution in [1.82, 2.24) is 9.97 Å². The standard InChI is InChI=1S/C10H17N3O/c1-5-11-8-6-9(14-4)13-10(12-8)7(2)3/h6-7H,5H2,1-4H3,(H,11,12,13). The predicted molar refractivity (Wildman–Crippen MR) is 56.8 cm³/mol. The van der Waals surface area contributed by atoms with E-state index in [9.17, 15) is 0 Å². The quantitative estimate of drug-likeness (QED) is 0.798. The number of nitrogens with one attached hydrogen (secondary N) is 1. The first-order chi connectivity index (χ1) is 6.67. The first kappa shape index (κ1) is 10.8. The Morgan fingerprint density at radius 1 is 1.43 bits per heavy atom. The van der Waals surface area contributed by atoms with Gasteiger partial charge in [0.1, 0.15) is 11.6 Å². The second-order valence-electron chi connectivity index (χ2n) is 3.34. The van der Waals surface area contributed by atoms with E-state index in [1.165, 1.54) is 0 Å². The Bertz CT molecular complexity index is 299. The Hall–Kier alpha value is -1.32. The molecule has 0 atom stereocenters. The molecule has 0 aliphatic carbocycles. The molecule has 0 radical (unpaired) electrons. The summed E-state index contributed by atoms with van der Waals surface area (Å²) in [7, 11) is 1.61. The summed E-state index contributed by atoms with van der Waals surface area (Å²) < 4.78 is 5.10. The summed E-state index contributed by atoms with van der Waals surface area (Å²) in [6.45, 7) is 7.00. The van der Waals surface area contributed by atoms with Crippen LogP contribution < -0.4 is 10.1 Å². The van der Waals surface area contributed by atoms with Crippen LogP contribution in [0.15, 0.2) is 6.07 Å². The zero-order chi connectivity index (χ0) is 10.6. The Balaban J connectivity index is 3.00. The smallest absolute Gasteiger partial charge is 0.218 e. The van der Waals surface area contributed by atoms with Crippen LogP contribution in [0.4, 0.5) is 5.82 Å². The third-order valence-electron chi connectivity index (χ3n) is 1.80. The van der Waals surface area contributed by atoms with Crippen LogP contribution in [-0.4, -0.2) is 23.6 Å². The minimum absolute atomic E-state index is 0.308. The SMILES string of the molecule is CCNc1cc(OC)nc(C(C)C)n1. The van der Waals surface area contributed by atoms with Crippen LogP contribution in [0.1, 0.15) is 32.5 Å². The number of rotatable bonds is 4. The molecule has 1 heterocycles. The van der Waals surface area contributed by atoms with Crippen molar-refractivity contribution >= 4 is 5.82 Å². The number of nitrogens with zero attached hydrogens (tertiary/aromatic N) is 2. The molecule has 1 rings (SSSR count). The van der Waals surface area contributed by atoms with E-state index in [1.807, 2.05) is 6.92 Å². The molecule has 1 aromatic rings. The monoisotopic (exact) mass is 195 g/mol. The van der Waals surface area contributed by atoms with Gasteiger partial charge in [-0.2, -0.15) is 4.98 Å². The number of anilines is 1. The van der Waals surface area contributed by atoms with Crippen LogP contribution in [0.5, 0.6) is 5.88 Å². The molecule has 0 aliphatic heterocycles. The van der Waals surface area contributed by atoms with Crippen molar-refractivity contribution in [3.8, 4) is 5.88 Å². The van der Waals surface area contributed by atoms with Gasteiger partial charge in [0.05, 0.1) is 7.11 Å². The van der Waals surface area contributed by atoms with Crippen molar-refractivity contribution in [2.75, 3.05) is 19.0 Å². The van der Waals surface area contributed by atoms with Gasteiger partial charge >= 0.3 is 0 Å². The lowest BCUT2D eigenvalue weighted by atomic mass is 10.2. The average molecular weight is 195 g/mol. The lowest BCUT2D eigenvalue weighted by Gasteiger charge is -2.09. The van der Waals surface area contributed by atoms with E-state index in [4.69, 9.17) is 4.74 Å². The van der Waals surface area contributed by atoms with Crippen molar-refractivity contribution in [2.24, 2.45) is 0 Å². The van der Waals surface area contributed by atoms with Gasteiger partial charge in [0, 0.05) is 18.5 Å². The fraction of sp³-hybridized carbons (Fsp3) is 0.600. The lowest BCUT2D eigenvalue weighted by molar-refractivity contribution is 0.394. The van der Waals surface area contributed by atoms with Crippen molar-refractivity contribution in [1.29, 1.82) is 0 Å². The van der Waals surface area contributed by atoms with Gasteiger partial charge < -0.3 is 10.1 Å². The van der Waals surface area contributed by atoms with Gasteiger partial charge in [0.15, 0.2) is 0 Å². The first-order valence-corrected chi connectivity index (χ1v) is 4.84. The Kier molecular flexibility index (Phi) is 3.68. The average Bonchev–Trinajstić information content (AvgIpc) is 2.17. The van der Waals surface area contributed by atoms with E-state index in [0.29, 0.717) is 11.8 Å². The fourth-order valence-electron chi connectivity index (χ4n) is 1.08. The largest absolute Gasteiger partial charge is 0.481 e. The second kappa shape index (κ2) is 4.79. The van der Waals surface area contributed by atoms with Crippen LogP contribution in [0.3, 0.4) is 0 Å². The molecule has 1 N–H and O–H groups in total. The Morgan fingerprint density at radius 3 is 2.64 bits per heavy atom. The summed E-state index contributed by atoms with van der Waals surface area (Å²) in [6.07, 6.45) is 0. The molecule has 0 saturated heterocycles.